The van der Waals surface area contributed by atoms with E-state index in [9.17, 15) is 0 Å². The third-order valence-corrected chi connectivity index (χ3v) is 2.92. The van der Waals surface area contributed by atoms with Crippen molar-refractivity contribution in [2.24, 2.45) is 5.84 Å². The number of nitrogens with two attached hydrogens (primary N) is 1. The number of hydrogen-bond acceptors (Lipinski definition) is 10. The molecule has 10 nitrogen and oxygen atoms in total. The van der Waals surface area contributed by atoms with E-state index >= 15 is 0 Å². The normalized spacial score (nSPS) is 10.4. The standard InChI is InChI=1S/C9H8N10S/c10-18-7-15-8(19-5-12-4-14-19)17-9(16-7)20-6-1-2-11-3-13-6/h1-5H,10H2,(H,15,16,17,18). The maximum absolute atomic E-state index is 5.35. The van der Waals surface area contributed by atoms with Crippen LogP contribution >= 0.6 is 11.8 Å². The lowest BCUT2D eigenvalue weighted by Gasteiger charge is -2.05. The first-order valence-electron chi connectivity index (χ1n) is 5.37. The summed E-state index contributed by atoms with van der Waals surface area (Å²) in [5.74, 6) is 5.88. The molecule has 3 N–H and O–H groups in total. The average molecular weight is 288 g/mol. The molecular weight excluding hydrogens is 280 g/mol. The van der Waals surface area contributed by atoms with Crippen molar-refractivity contribution in [2.45, 2.75) is 10.2 Å². The molecule has 0 unspecified atom stereocenters. The molecule has 3 heterocycles. The van der Waals surface area contributed by atoms with Crippen LogP contribution in [-0.4, -0.2) is 39.7 Å². The molecule has 11 heteroatoms. The topological polar surface area (TPSA) is 133 Å². The smallest absolute Gasteiger partial charge is 0.257 e. The second-order valence-electron chi connectivity index (χ2n) is 3.38. The minimum atomic E-state index is 0.224. The Labute approximate surface area is 116 Å². The Morgan fingerprint density at radius 1 is 1.15 bits per heavy atom. The van der Waals surface area contributed by atoms with Gasteiger partial charge in [0.25, 0.3) is 5.95 Å². The number of nitrogens with zero attached hydrogens (tertiary/aromatic N) is 8. The van der Waals surface area contributed by atoms with E-state index in [2.05, 4.69) is 40.4 Å². The minimum Gasteiger partial charge on any atom is -0.292 e. The highest BCUT2D eigenvalue weighted by Gasteiger charge is 2.10. The van der Waals surface area contributed by atoms with Gasteiger partial charge < -0.3 is 0 Å². The van der Waals surface area contributed by atoms with Crippen molar-refractivity contribution in [3.63, 3.8) is 0 Å². The predicted octanol–water partition coefficient (Wildman–Crippen LogP) is -0.321. The van der Waals surface area contributed by atoms with Crippen molar-refractivity contribution in [3.8, 4) is 5.95 Å². The van der Waals surface area contributed by atoms with Gasteiger partial charge in [-0.3, -0.25) is 5.43 Å². The molecular formula is C9H8N10S. The molecule has 3 aromatic heterocycles. The number of hydrogen-bond donors (Lipinski definition) is 2. The van der Waals surface area contributed by atoms with Crippen LogP contribution in [0.15, 0.2) is 41.4 Å². The zero-order chi connectivity index (χ0) is 13.8. The van der Waals surface area contributed by atoms with E-state index in [1.807, 2.05) is 0 Å². The van der Waals surface area contributed by atoms with Crippen LogP contribution in [0.4, 0.5) is 5.95 Å². The maximum atomic E-state index is 5.35. The first-order valence-corrected chi connectivity index (χ1v) is 6.18. The molecule has 0 aliphatic heterocycles. The van der Waals surface area contributed by atoms with Gasteiger partial charge in [-0.05, 0) is 17.8 Å². The van der Waals surface area contributed by atoms with E-state index in [-0.39, 0.29) is 5.95 Å². The van der Waals surface area contributed by atoms with Gasteiger partial charge in [0.1, 0.15) is 24.0 Å². The Kier molecular flexibility index (Phi) is 3.43. The lowest BCUT2D eigenvalue weighted by atomic mass is 10.7. The SMILES string of the molecule is NNc1nc(Sc2ccncn2)nc(-n2cncn2)n1. The van der Waals surface area contributed by atoms with E-state index in [1.165, 1.54) is 35.4 Å². The number of anilines is 1. The van der Waals surface area contributed by atoms with Crippen LogP contribution in [0.1, 0.15) is 0 Å². The van der Waals surface area contributed by atoms with Crippen molar-refractivity contribution in [1.29, 1.82) is 0 Å². The van der Waals surface area contributed by atoms with Crippen molar-refractivity contribution >= 4 is 17.7 Å². The summed E-state index contributed by atoms with van der Waals surface area (Å²) >= 11 is 1.26. The van der Waals surface area contributed by atoms with Gasteiger partial charge in [-0.25, -0.2) is 20.8 Å². The molecule has 0 atom stereocenters. The molecule has 0 saturated heterocycles. The fraction of sp³-hybridized carbons (Fsp3) is 0. The van der Waals surface area contributed by atoms with Gasteiger partial charge in [-0.1, -0.05) is 0 Å². The third-order valence-electron chi connectivity index (χ3n) is 2.11. The lowest BCUT2D eigenvalue weighted by Crippen LogP contribution is -2.14. The highest BCUT2D eigenvalue weighted by Crippen LogP contribution is 2.22. The van der Waals surface area contributed by atoms with Crippen LogP contribution in [0.3, 0.4) is 0 Å². The Morgan fingerprint density at radius 3 is 2.80 bits per heavy atom. The maximum Gasteiger partial charge on any atom is 0.257 e. The van der Waals surface area contributed by atoms with Crippen LogP contribution in [0.25, 0.3) is 5.95 Å². The Hall–Kier alpha value is -2.66. The number of nitrogens with one attached hydrogen (secondary N) is 1. The Balaban J connectivity index is 1.96. The monoisotopic (exact) mass is 288 g/mol. The first-order chi connectivity index (χ1) is 9.85. The molecule has 0 saturated carbocycles. The molecule has 0 aliphatic rings. The quantitative estimate of drug-likeness (QED) is 0.373. The summed E-state index contributed by atoms with van der Waals surface area (Å²) in [4.78, 5) is 24.3. The van der Waals surface area contributed by atoms with Crippen molar-refractivity contribution in [1.82, 2.24) is 39.7 Å². The summed E-state index contributed by atoms with van der Waals surface area (Å²) in [6, 6.07) is 1.75. The molecule has 0 fully saturated rings. The van der Waals surface area contributed by atoms with Gasteiger partial charge in [0, 0.05) is 6.20 Å². The molecule has 3 aromatic rings. The van der Waals surface area contributed by atoms with Crippen molar-refractivity contribution in [2.75, 3.05) is 5.43 Å². The van der Waals surface area contributed by atoms with Gasteiger partial charge in [0.2, 0.25) is 11.1 Å². The summed E-state index contributed by atoms with van der Waals surface area (Å²) < 4.78 is 1.41. The van der Waals surface area contributed by atoms with Gasteiger partial charge in [-0.15, -0.1) is 0 Å². The summed E-state index contributed by atoms with van der Waals surface area (Å²) in [6.45, 7) is 0. The van der Waals surface area contributed by atoms with E-state index in [1.54, 1.807) is 12.3 Å². The zero-order valence-electron chi connectivity index (χ0n) is 9.95. The van der Waals surface area contributed by atoms with E-state index in [0.29, 0.717) is 16.1 Å². The molecule has 20 heavy (non-hydrogen) atoms. The predicted molar refractivity (Wildman–Crippen MR) is 68.7 cm³/mol. The Bertz CT molecular complexity index is 685. The number of nitrogen functional groups attached to an aromatic ring is 1. The second-order valence-corrected chi connectivity index (χ2v) is 4.36. The number of aromatic nitrogens is 8. The Morgan fingerprint density at radius 2 is 2.10 bits per heavy atom. The van der Waals surface area contributed by atoms with Crippen molar-refractivity contribution < 1.29 is 0 Å². The third kappa shape index (κ3) is 2.67. The largest absolute Gasteiger partial charge is 0.292 e. The van der Waals surface area contributed by atoms with E-state index < -0.39 is 0 Å². The van der Waals surface area contributed by atoms with Crippen LogP contribution in [0, 0.1) is 0 Å². The zero-order valence-corrected chi connectivity index (χ0v) is 10.8. The molecule has 100 valence electrons. The minimum absolute atomic E-state index is 0.224. The fourth-order valence-electron chi connectivity index (χ4n) is 1.30. The van der Waals surface area contributed by atoms with E-state index in [0.717, 1.165) is 0 Å². The fourth-order valence-corrected chi connectivity index (χ4v) is 1.98. The highest BCUT2D eigenvalue weighted by molar-refractivity contribution is 7.99. The van der Waals surface area contributed by atoms with Gasteiger partial charge in [-0.2, -0.15) is 24.7 Å². The lowest BCUT2D eigenvalue weighted by molar-refractivity contribution is 0.759. The van der Waals surface area contributed by atoms with Crippen molar-refractivity contribution in [3.05, 3.63) is 31.2 Å². The second kappa shape index (κ2) is 5.54. The molecule has 0 amide bonds. The van der Waals surface area contributed by atoms with Crippen LogP contribution in [0.2, 0.25) is 0 Å². The van der Waals surface area contributed by atoms with Gasteiger partial charge in [0.05, 0.1) is 0 Å². The van der Waals surface area contributed by atoms with Crippen LogP contribution < -0.4 is 11.3 Å². The number of rotatable bonds is 4. The average Bonchev–Trinajstić information content (AvgIpc) is 3.02. The molecule has 0 bridgehead atoms. The molecule has 0 aromatic carbocycles. The molecule has 0 spiro atoms. The van der Waals surface area contributed by atoms with Crippen LogP contribution in [0.5, 0.6) is 0 Å². The summed E-state index contributed by atoms with van der Waals surface area (Å²) in [5, 5.41) is 5.09. The summed E-state index contributed by atoms with van der Waals surface area (Å²) in [7, 11) is 0. The molecule has 0 aliphatic carbocycles. The van der Waals surface area contributed by atoms with Gasteiger partial charge >= 0.3 is 0 Å². The molecule has 3 rings (SSSR count). The van der Waals surface area contributed by atoms with E-state index in [4.69, 9.17) is 5.84 Å². The molecule has 0 radical (unpaired) electrons. The van der Waals surface area contributed by atoms with Gasteiger partial charge in [0.15, 0.2) is 0 Å². The first kappa shape index (κ1) is 12.4. The van der Waals surface area contributed by atoms with Crippen LogP contribution in [-0.2, 0) is 0 Å². The number of hydrazine groups is 1. The summed E-state index contributed by atoms with van der Waals surface area (Å²) in [6.07, 6.45) is 5.95. The highest BCUT2D eigenvalue weighted by atomic mass is 32.2. The summed E-state index contributed by atoms with van der Waals surface area (Å²) in [5.41, 5.74) is 2.39.